The minimum absolute atomic E-state index is 0.103. The molecule has 1 aromatic heterocycles. The molecule has 1 heterocycles. The van der Waals surface area contributed by atoms with Crippen LogP contribution in [-0.4, -0.2) is 40.8 Å². The van der Waals surface area contributed by atoms with Crippen molar-refractivity contribution >= 4 is 35.0 Å². The maximum Gasteiger partial charge on any atom is 0.241 e. The number of aromatic nitrogens is 2. The number of hydrogen-bond donors (Lipinski definition) is 1. The summed E-state index contributed by atoms with van der Waals surface area (Å²) in [5.74, 6) is 0.803. The van der Waals surface area contributed by atoms with E-state index in [4.69, 9.17) is 16.1 Å². The number of amides is 1. The summed E-state index contributed by atoms with van der Waals surface area (Å²) >= 11 is 7.58. The van der Waals surface area contributed by atoms with Gasteiger partial charge in [0.15, 0.2) is 0 Å². The molecule has 1 N–H and O–H groups in total. The highest BCUT2D eigenvalue weighted by atomic mass is 35.5. The molecular formula is C19H19ClN4O2S. The molecule has 0 unspecified atom stereocenters. The predicted molar refractivity (Wildman–Crippen MR) is 108 cm³/mol. The lowest BCUT2D eigenvalue weighted by atomic mass is 10.2. The Morgan fingerprint density at radius 3 is 2.85 bits per heavy atom. The van der Waals surface area contributed by atoms with Crippen LogP contribution >= 0.6 is 23.4 Å². The van der Waals surface area contributed by atoms with E-state index >= 15 is 0 Å². The molecule has 0 aliphatic rings. The number of carbonyl (C=O) groups is 1. The first kappa shape index (κ1) is 19.4. The zero-order chi connectivity index (χ0) is 19.2. The van der Waals surface area contributed by atoms with E-state index in [2.05, 4.69) is 15.5 Å². The van der Waals surface area contributed by atoms with Crippen molar-refractivity contribution < 1.29 is 9.32 Å². The van der Waals surface area contributed by atoms with Crippen molar-refractivity contribution in [3.05, 3.63) is 59.4 Å². The Labute approximate surface area is 166 Å². The Hall–Kier alpha value is -2.35. The van der Waals surface area contributed by atoms with Crippen molar-refractivity contribution in [2.45, 2.75) is 11.4 Å². The van der Waals surface area contributed by atoms with Crippen molar-refractivity contribution in [2.75, 3.05) is 25.2 Å². The summed E-state index contributed by atoms with van der Waals surface area (Å²) in [7, 11) is 1.82. The number of halogens is 1. The van der Waals surface area contributed by atoms with Gasteiger partial charge in [-0.3, -0.25) is 9.69 Å². The highest BCUT2D eigenvalue weighted by molar-refractivity contribution is 7.98. The lowest BCUT2D eigenvalue weighted by Gasteiger charge is -2.15. The second-order valence-corrected chi connectivity index (χ2v) is 7.23. The fraction of sp³-hybridized carbons (Fsp3) is 0.211. The highest BCUT2D eigenvalue weighted by Gasteiger charge is 2.14. The van der Waals surface area contributed by atoms with E-state index in [1.54, 1.807) is 23.9 Å². The van der Waals surface area contributed by atoms with Crippen molar-refractivity contribution in [3.63, 3.8) is 0 Å². The van der Waals surface area contributed by atoms with Crippen LogP contribution in [-0.2, 0) is 11.3 Å². The number of benzene rings is 2. The van der Waals surface area contributed by atoms with Crippen LogP contribution in [0.5, 0.6) is 0 Å². The van der Waals surface area contributed by atoms with Gasteiger partial charge in [-0.2, -0.15) is 4.98 Å². The maximum atomic E-state index is 12.3. The molecule has 0 spiro atoms. The van der Waals surface area contributed by atoms with Gasteiger partial charge in [0.2, 0.25) is 17.6 Å². The summed E-state index contributed by atoms with van der Waals surface area (Å²) in [5.41, 5.74) is 1.59. The summed E-state index contributed by atoms with van der Waals surface area (Å²) in [6.45, 7) is 0.572. The molecule has 0 saturated carbocycles. The number of rotatable bonds is 7. The van der Waals surface area contributed by atoms with Crippen LogP contribution in [0.15, 0.2) is 57.9 Å². The number of thioether (sulfide) groups is 1. The molecule has 0 aliphatic heterocycles. The van der Waals surface area contributed by atoms with Crippen molar-refractivity contribution in [3.8, 4) is 11.4 Å². The number of nitrogens with zero attached hydrogens (tertiary/aromatic N) is 3. The summed E-state index contributed by atoms with van der Waals surface area (Å²) in [6, 6.07) is 15.0. The molecule has 2 aromatic carbocycles. The Balaban J connectivity index is 1.58. The van der Waals surface area contributed by atoms with Gasteiger partial charge in [-0.05, 0) is 37.6 Å². The molecule has 0 saturated heterocycles. The van der Waals surface area contributed by atoms with Crippen LogP contribution in [0.4, 0.5) is 5.69 Å². The Morgan fingerprint density at radius 2 is 2.07 bits per heavy atom. The van der Waals surface area contributed by atoms with Crippen molar-refractivity contribution in [2.24, 2.45) is 0 Å². The molecule has 0 atom stereocenters. The SMILES string of the molecule is CSc1ccccc1NC(=O)CN(C)Cc1nc(-c2cccc(Cl)c2)no1. The number of hydrogen-bond acceptors (Lipinski definition) is 6. The second kappa shape index (κ2) is 9.03. The standard InChI is InChI=1S/C19H19ClN4O2S/c1-24(11-17(25)21-15-8-3-4-9-16(15)27-2)12-18-22-19(23-26-18)13-6-5-7-14(20)10-13/h3-10H,11-12H2,1-2H3,(H,21,25). The molecule has 0 radical (unpaired) electrons. The summed E-state index contributed by atoms with van der Waals surface area (Å²) in [5, 5.41) is 7.52. The molecule has 8 heteroatoms. The first-order chi connectivity index (χ1) is 13.0. The van der Waals surface area contributed by atoms with E-state index in [1.807, 2.05) is 54.6 Å². The highest BCUT2D eigenvalue weighted by Crippen LogP contribution is 2.24. The van der Waals surface area contributed by atoms with Crippen molar-refractivity contribution in [1.82, 2.24) is 15.0 Å². The molecule has 0 bridgehead atoms. The van der Waals surface area contributed by atoms with Gasteiger partial charge in [0.25, 0.3) is 0 Å². The third-order valence-electron chi connectivity index (χ3n) is 3.75. The van der Waals surface area contributed by atoms with Gasteiger partial charge in [-0.15, -0.1) is 11.8 Å². The van der Waals surface area contributed by atoms with E-state index in [0.29, 0.717) is 23.3 Å². The Kier molecular flexibility index (Phi) is 6.49. The average Bonchev–Trinajstić information content (AvgIpc) is 3.10. The number of anilines is 1. The average molecular weight is 403 g/mol. The molecule has 3 rings (SSSR count). The Bertz CT molecular complexity index is 931. The number of carbonyl (C=O) groups excluding carboxylic acids is 1. The first-order valence-electron chi connectivity index (χ1n) is 8.25. The number of para-hydroxylation sites is 1. The third kappa shape index (κ3) is 5.32. The maximum absolute atomic E-state index is 12.3. The molecule has 140 valence electrons. The van der Waals surface area contributed by atoms with E-state index in [0.717, 1.165) is 16.1 Å². The topological polar surface area (TPSA) is 71.3 Å². The lowest BCUT2D eigenvalue weighted by molar-refractivity contribution is -0.117. The van der Waals surface area contributed by atoms with Crippen LogP contribution in [0, 0.1) is 0 Å². The molecule has 6 nitrogen and oxygen atoms in total. The fourth-order valence-electron chi connectivity index (χ4n) is 2.53. The number of likely N-dealkylation sites (N-methyl/N-ethyl adjacent to an activating group) is 1. The van der Waals surface area contributed by atoms with Gasteiger partial charge < -0.3 is 9.84 Å². The zero-order valence-corrected chi connectivity index (χ0v) is 16.5. The van der Waals surface area contributed by atoms with Crippen LogP contribution in [0.2, 0.25) is 5.02 Å². The lowest BCUT2D eigenvalue weighted by Crippen LogP contribution is -2.30. The minimum atomic E-state index is -0.103. The van der Waals surface area contributed by atoms with Crippen LogP contribution in [0.3, 0.4) is 0 Å². The zero-order valence-electron chi connectivity index (χ0n) is 15.0. The molecule has 3 aromatic rings. The predicted octanol–water partition coefficient (Wildman–Crippen LogP) is 4.18. The Morgan fingerprint density at radius 1 is 1.26 bits per heavy atom. The van der Waals surface area contributed by atoms with E-state index < -0.39 is 0 Å². The minimum Gasteiger partial charge on any atom is -0.338 e. The van der Waals surface area contributed by atoms with Crippen LogP contribution < -0.4 is 5.32 Å². The molecule has 0 fully saturated rings. The van der Waals surface area contributed by atoms with Gasteiger partial charge in [-0.25, -0.2) is 0 Å². The monoisotopic (exact) mass is 402 g/mol. The quantitative estimate of drug-likeness (QED) is 0.597. The first-order valence-corrected chi connectivity index (χ1v) is 9.85. The summed E-state index contributed by atoms with van der Waals surface area (Å²) in [4.78, 5) is 19.5. The summed E-state index contributed by atoms with van der Waals surface area (Å²) in [6.07, 6.45) is 1.98. The van der Waals surface area contributed by atoms with Gasteiger partial charge in [0.1, 0.15) is 0 Å². The molecule has 0 aliphatic carbocycles. The smallest absolute Gasteiger partial charge is 0.241 e. The summed E-state index contributed by atoms with van der Waals surface area (Å²) < 4.78 is 5.29. The van der Waals surface area contributed by atoms with Gasteiger partial charge in [0.05, 0.1) is 18.8 Å². The van der Waals surface area contributed by atoms with E-state index in [9.17, 15) is 4.79 Å². The van der Waals surface area contributed by atoms with E-state index in [-0.39, 0.29) is 12.5 Å². The number of nitrogens with one attached hydrogen (secondary N) is 1. The normalized spacial score (nSPS) is 11.0. The van der Waals surface area contributed by atoms with Gasteiger partial charge in [-0.1, -0.05) is 41.0 Å². The van der Waals surface area contributed by atoms with Gasteiger partial charge in [0, 0.05) is 15.5 Å². The second-order valence-electron chi connectivity index (χ2n) is 5.94. The van der Waals surface area contributed by atoms with Crippen LogP contribution in [0.1, 0.15) is 5.89 Å². The van der Waals surface area contributed by atoms with Gasteiger partial charge >= 0.3 is 0 Å². The fourth-order valence-corrected chi connectivity index (χ4v) is 3.28. The van der Waals surface area contributed by atoms with Crippen LogP contribution in [0.25, 0.3) is 11.4 Å². The largest absolute Gasteiger partial charge is 0.338 e. The molecule has 27 heavy (non-hydrogen) atoms. The van der Waals surface area contributed by atoms with E-state index in [1.165, 1.54) is 0 Å². The molecule has 1 amide bonds. The molecular weight excluding hydrogens is 384 g/mol. The van der Waals surface area contributed by atoms with Crippen molar-refractivity contribution in [1.29, 1.82) is 0 Å². The third-order valence-corrected chi connectivity index (χ3v) is 4.78.